The van der Waals surface area contributed by atoms with Crippen molar-refractivity contribution in [1.82, 2.24) is 0 Å². The van der Waals surface area contributed by atoms with Gasteiger partial charge in [0.25, 0.3) is 0 Å². The summed E-state index contributed by atoms with van der Waals surface area (Å²) in [5.74, 6) is 1.44. The first kappa shape index (κ1) is 18.8. The predicted molar refractivity (Wildman–Crippen MR) is 100 cm³/mol. The molecule has 0 radical (unpaired) electrons. The maximum Gasteiger partial charge on any atom is 0.0736 e. The zero-order valence-electron chi connectivity index (χ0n) is 14.9. The van der Waals surface area contributed by atoms with Crippen molar-refractivity contribution in [3.63, 3.8) is 0 Å². The summed E-state index contributed by atoms with van der Waals surface area (Å²) < 4.78 is 6.72. The van der Waals surface area contributed by atoms with Crippen LogP contribution < -0.4 is 0 Å². The predicted octanol–water partition coefficient (Wildman–Crippen LogP) is 4.10. The molecule has 0 spiro atoms. The molecule has 4 saturated carbocycles. The zero-order valence-corrected chi connectivity index (χ0v) is 16.4. The highest BCUT2D eigenvalue weighted by Gasteiger charge is 2.49. The summed E-state index contributed by atoms with van der Waals surface area (Å²) in [6, 6.07) is 0. The van der Waals surface area contributed by atoms with E-state index in [9.17, 15) is 10.2 Å². The largest absolute Gasteiger partial charge is 0.391 e. The Morgan fingerprint density at radius 1 is 0.600 bits per heavy atom. The molecule has 10 atom stereocenters. The normalized spacial score (nSPS) is 53.8. The summed E-state index contributed by atoms with van der Waals surface area (Å²) in [5.41, 5.74) is 0. The molecule has 10 unspecified atom stereocenters. The average molecular weight is 391 g/mol. The van der Waals surface area contributed by atoms with Gasteiger partial charge >= 0.3 is 0 Å². The third-order valence-electron chi connectivity index (χ3n) is 7.59. The zero-order chi connectivity index (χ0) is 17.6. The Morgan fingerprint density at radius 2 is 0.960 bits per heavy atom. The minimum Gasteiger partial charge on any atom is -0.391 e. The SMILES string of the molecule is OC1C(Cl)CC(OC2CC(Cl)C(O)C3CCCCC23)C2CCCCC12. The lowest BCUT2D eigenvalue weighted by molar-refractivity contribution is -0.160. The van der Waals surface area contributed by atoms with E-state index in [0.29, 0.717) is 11.8 Å². The van der Waals surface area contributed by atoms with Crippen LogP contribution in [0, 0.1) is 23.7 Å². The van der Waals surface area contributed by atoms with Crippen LogP contribution in [0.2, 0.25) is 0 Å². The van der Waals surface area contributed by atoms with Crippen LogP contribution in [0.3, 0.4) is 0 Å². The van der Waals surface area contributed by atoms with Crippen LogP contribution >= 0.6 is 23.2 Å². The summed E-state index contributed by atoms with van der Waals surface area (Å²) in [6.45, 7) is 0. The third kappa shape index (κ3) is 3.61. The number of alkyl halides is 2. The Morgan fingerprint density at radius 3 is 1.36 bits per heavy atom. The molecule has 0 saturated heterocycles. The van der Waals surface area contributed by atoms with Crippen LogP contribution in [0.4, 0.5) is 0 Å². The summed E-state index contributed by atoms with van der Waals surface area (Å²) in [7, 11) is 0. The topological polar surface area (TPSA) is 49.7 Å². The van der Waals surface area contributed by atoms with Gasteiger partial charge in [0.1, 0.15) is 0 Å². The fourth-order valence-electron chi connectivity index (χ4n) is 6.29. The molecule has 0 heterocycles. The van der Waals surface area contributed by atoms with Crippen molar-refractivity contribution >= 4 is 23.2 Å². The van der Waals surface area contributed by atoms with Crippen molar-refractivity contribution in [3.8, 4) is 0 Å². The molecule has 0 aromatic carbocycles. The lowest BCUT2D eigenvalue weighted by Gasteiger charge is -2.50. The molecule has 4 fully saturated rings. The lowest BCUT2D eigenvalue weighted by Crippen LogP contribution is -2.54. The number of rotatable bonds is 2. The summed E-state index contributed by atoms with van der Waals surface area (Å²) in [4.78, 5) is 0. The summed E-state index contributed by atoms with van der Waals surface area (Å²) in [5, 5.41) is 20.6. The van der Waals surface area contributed by atoms with Gasteiger partial charge in [-0.25, -0.2) is 0 Å². The highest BCUT2D eigenvalue weighted by molar-refractivity contribution is 6.21. The number of hydrogen-bond donors (Lipinski definition) is 2. The van der Waals surface area contributed by atoms with Crippen molar-refractivity contribution in [3.05, 3.63) is 0 Å². The summed E-state index contributed by atoms with van der Waals surface area (Å²) >= 11 is 13.0. The van der Waals surface area contributed by atoms with Gasteiger partial charge in [-0.15, -0.1) is 23.2 Å². The Balaban J connectivity index is 1.49. The minimum atomic E-state index is -0.386. The summed E-state index contributed by atoms with van der Waals surface area (Å²) in [6.07, 6.45) is 10.3. The van der Waals surface area contributed by atoms with Crippen molar-refractivity contribution in [2.75, 3.05) is 0 Å². The molecule has 4 rings (SSSR count). The molecule has 0 bridgehead atoms. The van der Waals surface area contributed by atoms with E-state index in [1.807, 2.05) is 0 Å². The van der Waals surface area contributed by atoms with Crippen LogP contribution in [0.1, 0.15) is 64.2 Å². The van der Waals surface area contributed by atoms with E-state index in [0.717, 1.165) is 38.5 Å². The van der Waals surface area contributed by atoms with Gasteiger partial charge in [0.2, 0.25) is 0 Å². The van der Waals surface area contributed by atoms with Gasteiger partial charge < -0.3 is 14.9 Å². The molecule has 0 aromatic rings. The van der Waals surface area contributed by atoms with Crippen LogP contribution in [-0.2, 0) is 4.74 Å². The van der Waals surface area contributed by atoms with Gasteiger partial charge in [-0.3, -0.25) is 0 Å². The molecule has 0 amide bonds. The molecular weight excluding hydrogens is 359 g/mol. The number of aliphatic hydroxyl groups is 2. The molecule has 0 aromatic heterocycles. The molecule has 2 N–H and O–H groups in total. The second kappa shape index (κ2) is 7.83. The Labute approximate surface area is 161 Å². The molecule has 5 heteroatoms. The number of halogens is 2. The van der Waals surface area contributed by atoms with Crippen molar-refractivity contribution in [1.29, 1.82) is 0 Å². The fourth-order valence-corrected chi connectivity index (χ4v) is 7.02. The second-order valence-electron chi connectivity index (χ2n) is 8.92. The van der Waals surface area contributed by atoms with Crippen molar-refractivity contribution < 1.29 is 14.9 Å². The van der Waals surface area contributed by atoms with Crippen molar-refractivity contribution in [2.24, 2.45) is 23.7 Å². The molecule has 144 valence electrons. The van der Waals surface area contributed by atoms with Crippen molar-refractivity contribution in [2.45, 2.75) is 99.4 Å². The Hall–Kier alpha value is 0.460. The van der Waals surface area contributed by atoms with Gasteiger partial charge in [0.15, 0.2) is 0 Å². The number of fused-ring (bicyclic) bond motifs is 2. The average Bonchev–Trinajstić information content (AvgIpc) is 2.64. The first-order valence-corrected chi connectivity index (χ1v) is 11.2. The first-order valence-electron chi connectivity index (χ1n) is 10.4. The van der Waals surface area contributed by atoms with Crippen LogP contribution in [0.25, 0.3) is 0 Å². The van der Waals surface area contributed by atoms with Gasteiger partial charge in [-0.05, 0) is 62.2 Å². The van der Waals surface area contributed by atoms with Crippen LogP contribution in [-0.4, -0.2) is 45.4 Å². The maximum absolute atomic E-state index is 10.5. The van der Waals surface area contributed by atoms with Gasteiger partial charge in [-0.1, -0.05) is 25.7 Å². The third-order valence-corrected chi connectivity index (χ3v) is 8.46. The maximum atomic E-state index is 10.5. The smallest absolute Gasteiger partial charge is 0.0736 e. The lowest BCUT2D eigenvalue weighted by atomic mass is 9.66. The fraction of sp³-hybridized carbons (Fsp3) is 1.00. The molecular formula is C20H32Cl2O3. The number of hydrogen-bond acceptors (Lipinski definition) is 3. The highest BCUT2D eigenvalue weighted by Crippen LogP contribution is 2.48. The van der Waals surface area contributed by atoms with E-state index in [-0.39, 0.29) is 47.0 Å². The van der Waals surface area contributed by atoms with E-state index >= 15 is 0 Å². The van der Waals surface area contributed by atoms with Crippen LogP contribution in [0.5, 0.6) is 0 Å². The number of ether oxygens (including phenoxy) is 1. The Kier molecular flexibility index (Phi) is 5.89. The quantitative estimate of drug-likeness (QED) is 0.697. The monoisotopic (exact) mass is 390 g/mol. The van der Waals surface area contributed by atoms with E-state index in [1.165, 1.54) is 25.7 Å². The molecule has 25 heavy (non-hydrogen) atoms. The van der Waals surface area contributed by atoms with Gasteiger partial charge in [0, 0.05) is 0 Å². The van der Waals surface area contributed by atoms with E-state index in [4.69, 9.17) is 27.9 Å². The molecule has 0 aliphatic heterocycles. The van der Waals surface area contributed by atoms with E-state index in [1.54, 1.807) is 0 Å². The van der Waals surface area contributed by atoms with Gasteiger partial charge in [-0.2, -0.15) is 0 Å². The van der Waals surface area contributed by atoms with E-state index < -0.39 is 0 Å². The standard InChI is InChI=1S/C20H32Cl2O3/c21-15-9-17(11-5-1-3-7-13(11)19(15)23)25-18-10-16(22)20(24)14-8-4-2-6-12(14)18/h11-20,23-24H,1-10H2. The minimum absolute atomic E-state index is 0.142. The second-order valence-corrected chi connectivity index (χ2v) is 10.0. The number of aliphatic hydroxyl groups excluding tert-OH is 2. The molecule has 4 aliphatic rings. The van der Waals surface area contributed by atoms with Gasteiger partial charge in [0.05, 0.1) is 35.2 Å². The molecule has 3 nitrogen and oxygen atoms in total. The highest BCUT2D eigenvalue weighted by atomic mass is 35.5. The molecule has 4 aliphatic carbocycles. The first-order chi connectivity index (χ1) is 12.1. The van der Waals surface area contributed by atoms with Crippen LogP contribution in [0.15, 0.2) is 0 Å². The van der Waals surface area contributed by atoms with E-state index in [2.05, 4.69) is 0 Å². The Bertz CT molecular complexity index is 422.